The summed E-state index contributed by atoms with van der Waals surface area (Å²) < 4.78 is 0. The summed E-state index contributed by atoms with van der Waals surface area (Å²) in [6.45, 7) is 4.10. The molecule has 3 rings (SSSR count). The van der Waals surface area contributed by atoms with Gasteiger partial charge in [0.05, 0.1) is 13.0 Å². The maximum atomic E-state index is 13.2. The van der Waals surface area contributed by atoms with Gasteiger partial charge in [0.15, 0.2) is 0 Å². The number of benzene rings is 1. The van der Waals surface area contributed by atoms with Gasteiger partial charge in [-0.15, -0.1) is 24.8 Å². The number of nitrogens with one attached hydrogen (secondary N) is 4. The molecule has 1 aromatic rings. The third-order valence-electron chi connectivity index (χ3n) is 7.97. The second-order valence-electron chi connectivity index (χ2n) is 10.8. The van der Waals surface area contributed by atoms with E-state index in [1.54, 1.807) is 0 Å². The molecule has 0 saturated carbocycles. The Balaban J connectivity index is 0.00000380. The quantitative estimate of drug-likeness (QED) is 0.214. The van der Waals surface area contributed by atoms with E-state index in [1.165, 1.54) is 25.7 Å². The van der Waals surface area contributed by atoms with Crippen LogP contribution >= 0.6 is 24.8 Å². The number of hydrogen-bond donors (Lipinski definition) is 5. The average Bonchev–Trinajstić information content (AvgIpc) is 2.92. The van der Waals surface area contributed by atoms with Crippen molar-refractivity contribution >= 4 is 42.6 Å². The lowest BCUT2D eigenvalue weighted by molar-refractivity contribution is -0.138. The number of aliphatic carboxylic acids is 1. The third kappa shape index (κ3) is 14.4. The van der Waals surface area contributed by atoms with Crippen molar-refractivity contribution in [3.63, 3.8) is 0 Å². The molecule has 1 unspecified atom stereocenters. The van der Waals surface area contributed by atoms with E-state index in [2.05, 4.69) is 21.3 Å². The van der Waals surface area contributed by atoms with Gasteiger partial charge in [-0.3, -0.25) is 14.4 Å². The fraction of sp³-hybridized carbons (Fsp3) is 0.690. The third-order valence-corrected chi connectivity index (χ3v) is 7.97. The van der Waals surface area contributed by atoms with Crippen LogP contribution in [-0.2, 0) is 20.8 Å². The minimum Gasteiger partial charge on any atom is -0.481 e. The van der Waals surface area contributed by atoms with Crippen LogP contribution in [0.2, 0.25) is 0 Å². The van der Waals surface area contributed by atoms with Crippen molar-refractivity contribution in [2.24, 2.45) is 17.8 Å². The van der Waals surface area contributed by atoms with Crippen molar-refractivity contribution in [1.82, 2.24) is 21.3 Å². The molecule has 0 aliphatic carbocycles. The zero-order chi connectivity index (χ0) is 26.3. The van der Waals surface area contributed by atoms with E-state index in [9.17, 15) is 19.5 Å². The molecule has 2 saturated heterocycles. The standard InChI is InChI=1S/C29H46N4O4.2ClH/c34-27(33-26(20-28(35)36)11-8-22-4-2-1-3-5-22)21-32-29(37)25(9-6-23-12-16-30-17-13-23)10-7-24-14-18-31-19-15-24;;/h1-5,23-26,30-31H,6-21H2,(H,32,37)(H,33,34)(H,35,36);2*1H. The van der Waals surface area contributed by atoms with E-state index in [1.807, 2.05) is 30.3 Å². The molecule has 8 nitrogen and oxygen atoms in total. The van der Waals surface area contributed by atoms with E-state index in [4.69, 9.17) is 0 Å². The molecule has 2 heterocycles. The van der Waals surface area contributed by atoms with Crippen molar-refractivity contribution in [1.29, 1.82) is 0 Å². The molecule has 2 amide bonds. The van der Waals surface area contributed by atoms with Gasteiger partial charge in [0.1, 0.15) is 0 Å². The van der Waals surface area contributed by atoms with Gasteiger partial charge in [-0.25, -0.2) is 0 Å². The molecule has 1 aromatic carbocycles. The zero-order valence-corrected chi connectivity index (χ0v) is 24.6. The van der Waals surface area contributed by atoms with Gasteiger partial charge >= 0.3 is 5.97 Å². The molecule has 10 heteroatoms. The van der Waals surface area contributed by atoms with E-state index in [0.717, 1.165) is 57.4 Å². The first-order valence-corrected chi connectivity index (χ1v) is 14.2. The Hall–Kier alpha value is -1.87. The summed E-state index contributed by atoms with van der Waals surface area (Å²) in [5.74, 6) is -0.0655. The molecule has 1 atom stereocenters. The van der Waals surface area contributed by atoms with Gasteiger partial charge < -0.3 is 26.4 Å². The van der Waals surface area contributed by atoms with Crippen LogP contribution in [0, 0.1) is 17.8 Å². The van der Waals surface area contributed by atoms with E-state index in [-0.39, 0.29) is 55.5 Å². The van der Waals surface area contributed by atoms with Crippen molar-refractivity contribution in [3.05, 3.63) is 35.9 Å². The topological polar surface area (TPSA) is 120 Å². The summed E-state index contributed by atoms with van der Waals surface area (Å²) in [5.41, 5.74) is 1.10. The summed E-state index contributed by atoms with van der Waals surface area (Å²) in [6, 6.07) is 9.35. The summed E-state index contributed by atoms with van der Waals surface area (Å²) in [6.07, 6.45) is 9.57. The Morgan fingerprint density at radius 1 is 0.846 bits per heavy atom. The molecule has 2 aliphatic rings. The number of carboxylic acids is 1. The molecule has 2 aliphatic heterocycles. The highest BCUT2D eigenvalue weighted by Crippen LogP contribution is 2.26. The smallest absolute Gasteiger partial charge is 0.305 e. The van der Waals surface area contributed by atoms with Gasteiger partial charge in [-0.05, 0) is 108 Å². The van der Waals surface area contributed by atoms with Crippen LogP contribution in [0.1, 0.15) is 69.8 Å². The Morgan fingerprint density at radius 2 is 1.38 bits per heavy atom. The SMILES string of the molecule is Cl.Cl.O=C(O)CC(CCc1ccccc1)NC(=O)CNC(=O)C(CCC1CCNCC1)CCC1CCNCC1. The zero-order valence-electron chi connectivity index (χ0n) is 23.0. The number of carboxylic acid groups (broad SMARTS) is 1. The van der Waals surface area contributed by atoms with Crippen LogP contribution in [0.15, 0.2) is 30.3 Å². The van der Waals surface area contributed by atoms with Gasteiger partial charge in [0, 0.05) is 12.0 Å². The average molecular weight is 588 g/mol. The monoisotopic (exact) mass is 586 g/mol. The predicted molar refractivity (Wildman–Crippen MR) is 160 cm³/mol. The summed E-state index contributed by atoms with van der Waals surface area (Å²) in [4.78, 5) is 37.1. The molecule has 39 heavy (non-hydrogen) atoms. The fourth-order valence-corrected chi connectivity index (χ4v) is 5.63. The second kappa shape index (κ2) is 20.1. The molecule has 2 fully saturated rings. The Bertz CT molecular complexity index is 812. The lowest BCUT2D eigenvalue weighted by Gasteiger charge is -2.27. The van der Waals surface area contributed by atoms with Gasteiger partial charge in [-0.1, -0.05) is 30.3 Å². The van der Waals surface area contributed by atoms with Crippen molar-refractivity contribution in [2.75, 3.05) is 32.7 Å². The second-order valence-corrected chi connectivity index (χ2v) is 10.8. The molecule has 0 spiro atoms. The van der Waals surface area contributed by atoms with Crippen LogP contribution in [0.5, 0.6) is 0 Å². The van der Waals surface area contributed by atoms with Crippen molar-refractivity contribution < 1.29 is 19.5 Å². The first-order valence-electron chi connectivity index (χ1n) is 14.2. The summed E-state index contributed by atoms with van der Waals surface area (Å²) in [7, 11) is 0. The Labute approximate surface area is 246 Å². The van der Waals surface area contributed by atoms with E-state index >= 15 is 0 Å². The lowest BCUT2D eigenvalue weighted by atomic mass is 9.84. The molecular weight excluding hydrogens is 539 g/mol. The van der Waals surface area contributed by atoms with Crippen LogP contribution in [0.25, 0.3) is 0 Å². The summed E-state index contributed by atoms with van der Waals surface area (Å²) in [5, 5.41) is 21.8. The molecule has 0 radical (unpaired) electrons. The highest BCUT2D eigenvalue weighted by Gasteiger charge is 2.24. The number of rotatable bonds is 15. The molecule has 5 N–H and O–H groups in total. The molecular formula is C29H48Cl2N4O4. The van der Waals surface area contributed by atoms with E-state index < -0.39 is 12.0 Å². The maximum Gasteiger partial charge on any atom is 0.305 e. The van der Waals surface area contributed by atoms with Crippen LogP contribution in [0.4, 0.5) is 0 Å². The van der Waals surface area contributed by atoms with Crippen LogP contribution < -0.4 is 21.3 Å². The van der Waals surface area contributed by atoms with Gasteiger partial charge in [0.2, 0.25) is 11.8 Å². The first-order chi connectivity index (χ1) is 18.0. The van der Waals surface area contributed by atoms with Gasteiger partial charge in [-0.2, -0.15) is 0 Å². The number of carbonyl (C=O) groups excluding carboxylic acids is 2. The number of carbonyl (C=O) groups is 3. The van der Waals surface area contributed by atoms with Crippen molar-refractivity contribution in [3.8, 4) is 0 Å². The van der Waals surface area contributed by atoms with Crippen LogP contribution in [0.3, 0.4) is 0 Å². The highest BCUT2D eigenvalue weighted by atomic mass is 35.5. The number of piperidine rings is 2. The van der Waals surface area contributed by atoms with Gasteiger partial charge in [0.25, 0.3) is 0 Å². The minimum absolute atomic E-state index is 0. The Morgan fingerprint density at radius 3 is 1.90 bits per heavy atom. The number of hydrogen-bond acceptors (Lipinski definition) is 5. The highest BCUT2D eigenvalue weighted by molar-refractivity contribution is 5.86. The van der Waals surface area contributed by atoms with Crippen LogP contribution in [-0.4, -0.2) is 61.7 Å². The van der Waals surface area contributed by atoms with E-state index in [0.29, 0.717) is 24.7 Å². The Kier molecular flexibility index (Phi) is 18.1. The largest absolute Gasteiger partial charge is 0.481 e. The number of aryl methyl sites for hydroxylation is 1. The number of halogens is 2. The predicted octanol–water partition coefficient (Wildman–Crippen LogP) is 3.71. The molecule has 0 bridgehead atoms. The normalized spacial score (nSPS) is 16.9. The maximum absolute atomic E-state index is 13.2. The molecule has 0 aromatic heterocycles. The lowest BCUT2D eigenvalue weighted by Crippen LogP contribution is -2.44. The minimum atomic E-state index is -0.946. The fourth-order valence-electron chi connectivity index (χ4n) is 5.63. The number of amides is 2. The summed E-state index contributed by atoms with van der Waals surface area (Å²) >= 11 is 0. The van der Waals surface area contributed by atoms with Crippen molar-refractivity contribution in [2.45, 2.75) is 76.7 Å². The first kappa shape index (κ1) is 35.2. The molecule has 222 valence electrons.